The van der Waals surface area contributed by atoms with Crippen LogP contribution in [0.1, 0.15) is 156 Å². The van der Waals surface area contributed by atoms with Gasteiger partial charge in [0.1, 0.15) is 0 Å². The first-order chi connectivity index (χ1) is 24.7. The van der Waals surface area contributed by atoms with Crippen molar-refractivity contribution in [3.63, 3.8) is 0 Å². The Hall–Kier alpha value is -1.00. The maximum Gasteiger partial charge on any atom is 2.00 e. The van der Waals surface area contributed by atoms with Crippen LogP contribution < -0.4 is 10.2 Å². The monoisotopic (exact) mass is 766 g/mol. The van der Waals surface area contributed by atoms with Crippen molar-refractivity contribution in [1.29, 1.82) is 0 Å². The molecule has 0 saturated heterocycles. The molecule has 0 aromatic carbocycles. The van der Waals surface area contributed by atoms with Gasteiger partial charge in [0.15, 0.2) is 0 Å². The minimum absolute atomic E-state index is 0. The number of unbranched alkanes of at least 4 members (excludes halogenated alkanes) is 6. The molecular formula is C44H70CaO8. The number of carboxylic acids is 2. The van der Waals surface area contributed by atoms with Gasteiger partial charge in [0.2, 0.25) is 0 Å². The maximum atomic E-state index is 10.5. The topological polar surface area (TPSA) is 161 Å². The molecule has 4 N–H and O–H groups in total. The van der Waals surface area contributed by atoms with E-state index in [2.05, 4.69) is 52.0 Å². The Bertz CT molecular complexity index is 1150. The zero-order valence-corrected chi connectivity index (χ0v) is 35.6. The molecule has 9 heteroatoms. The fraction of sp³-hybridized carbons (Fsp3) is 0.773. The van der Waals surface area contributed by atoms with Gasteiger partial charge in [0, 0.05) is 23.8 Å². The number of fused-ring (bicyclic) bond motifs is 2. The second-order valence-corrected chi connectivity index (χ2v) is 17.1. The number of carbonyl (C=O) groups is 2. The first kappa shape index (κ1) is 48.1. The molecule has 10 atom stereocenters. The van der Waals surface area contributed by atoms with E-state index in [4.69, 9.17) is 0 Å². The predicted octanol–water partition coefficient (Wildman–Crippen LogP) is 5.87. The summed E-state index contributed by atoms with van der Waals surface area (Å²) in [4.78, 5) is 21.0. The van der Waals surface area contributed by atoms with Gasteiger partial charge >= 0.3 is 37.7 Å². The van der Waals surface area contributed by atoms with Crippen LogP contribution in [0, 0.1) is 34.5 Å². The summed E-state index contributed by atoms with van der Waals surface area (Å²) in [7, 11) is 0. The van der Waals surface area contributed by atoms with Crippen LogP contribution in [0.25, 0.3) is 0 Å². The largest absolute Gasteiger partial charge is 2.00 e. The Labute approximate surface area is 350 Å². The van der Waals surface area contributed by atoms with Gasteiger partial charge in [-0.2, -0.15) is 0 Å². The Kier molecular flexibility index (Phi) is 21.7. The summed E-state index contributed by atoms with van der Waals surface area (Å²) in [5, 5.41) is 62.3. The number of hydrogen-bond donors (Lipinski definition) is 4. The van der Waals surface area contributed by atoms with Crippen molar-refractivity contribution in [3.8, 4) is 0 Å². The molecule has 4 aliphatic carbocycles. The van der Waals surface area contributed by atoms with Gasteiger partial charge in [-0.3, -0.25) is 0 Å². The second-order valence-electron chi connectivity index (χ2n) is 17.1. The third-order valence-corrected chi connectivity index (χ3v) is 12.5. The van der Waals surface area contributed by atoms with Crippen LogP contribution in [0.15, 0.2) is 47.6 Å². The number of allylic oxidation sites excluding steroid dienone is 4. The van der Waals surface area contributed by atoms with Gasteiger partial charge in [0.05, 0.1) is 24.4 Å². The third-order valence-electron chi connectivity index (χ3n) is 12.5. The molecular weight excluding hydrogens is 697 g/mol. The molecule has 0 spiro atoms. The molecule has 10 unspecified atom stereocenters. The molecule has 0 aromatic heterocycles. The summed E-state index contributed by atoms with van der Waals surface area (Å²) in [6.07, 6.45) is 27.6. The predicted molar refractivity (Wildman–Crippen MR) is 208 cm³/mol. The summed E-state index contributed by atoms with van der Waals surface area (Å²) in [6.45, 7) is 8.83. The molecule has 0 amide bonds. The van der Waals surface area contributed by atoms with Crippen molar-refractivity contribution in [2.45, 2.75) is 181 Å². The van der Waals surface area contributed by atoms with E-state index >= 15 is 0 Å². The molecule has 0 bridgehead atoms. The molecule has 0 aliphatic heterocycles. The molecule has 296 valence electrons. The van der Waals surface area contributed by atoms with E-state index in [1.807, 2.05) is 12.2 Å². The quantitative estimate of drug-likeness (QED) is 0.0680. The molecule has 4 aliphatic rings. The summed E-state index contributed by atoms with van der Waals surface area (Å²) in [5.41, 5.74) is 3.01. The summed E-state index contributed by atoms with van der Waals surface area (Å²) in [6, 6.07) is 0. The van der Waals surface area contributed by atoms with E-state index in [1.165, 1.54) is 11.1 Å². The molecule has 4 rings (SSSR count). The van der Waals surface area contributed by atoms with E-state index in [9.17, 15) is 40.2 Å². The number of rotatable bonds is 20. The van der Waals surface area contributed by atoms with Gasteiger partial charge in [-0.05, 0) is 113 Å². The first-order valence-corrected chi connectivity index (χ1v) is 20.6. The molecule has 0 aromatic rings. The van der Waals surface area contributed by atoms with Gasteiger partial charge in [-0.15, -0.1) is 0 Å². The average Bonchev–Trinajstić information content (AvgIpc) is 3.71. The number of aliphatic carboxylic acids is 2. The van der Waals surface area contributed by atoms with Crippen LogP contribution in [0.4, 0.5) is 0 Å². The summed E-state index contributed by atoms with van der Waals surface area (Å²) in [5.74, 6) is -0.938. The number of hydrogen-bond acceptors (Lipinski definition) is 8. The molecule has 4 fully saturated rings. The van der Waals surface area contributed by atoms with Gasteiger partial charge in [-0.1, -0.05) is 114 Å². The van der Waals surface area contributed by atoms with Gasteiger partial charge in [-0.25, -0.2) is 0 Å². The van der Waals surface area contributed by atoms with E-state index in [-0.39, 0.29) is 85.5 Å². The molecule has 53 heavy (non-hydrogen) atoms. The van der Waals surface area contributed by atoms with Crippen LogP contribution in [-0.4, -0.2) is 94.5 Å². The second kappa shape index (κ2) is 23.9. The Morgan fingerprint density at radius 2 is 1.08 bits per heavy atom. The molecule has 0 heterocycles. The number of carboxylic acid groups (broad SMARTS) is 2. The van der Waals surface area contributed by atoms with Crippen molar-refractivity contribution in [1.82, 2.24) is 0 Å². The normalized spacial score (nSPS) is 33.2. The van der Waals surface area contributed by atoms with Gasteiger partial charge in [0.25, 0.3) is 0 Å². The Balaban J connectivity index is 0.000000360. The third kappa shape index (κ3) is 15.5. The van der Waals surface area contributed by atoms with Crippen molar-refractivity contribution in [2.24, 2.45) is 34.5 Å². The number of aliphatic hydroxyl groups excluding tert-OH is 4. The fourth-order valence-corrected chi connectivity index (χ4v) is 9.77. The zero-order chi connectivity index (χ0) is 38.3. The SMILES string of the molecule is CCCCCC(O)C=CC1C(O)CC2(C)CC(=CCCCC(=O)[O-])CC12.CCCCCC(O)C=CC1C(O)CC2(C)CC(=CCCCC(=O)[O-])CC12.[Ca+2]. The van der Waals surface area contributed by atoms with E-state index in [0.717, 1.165) is 103 Å². The van der Waals surface area contributed by atoms with Crippen molar-refractivity contribution in [3.05, 3.63) is 47.6 Å². The Morgan fingerprint density at radius 3 is 1.42 bits per heavy atom. The van der Waals surface area contributed by atoms with E-state index in [0.29, 0.717) is 24.7 Å². The van der Waals surface area contributed by atoms with Crippen molar-refractivity contribution >= 4 is 49.7 Å². The van der Waals surface area contributed by atoms with Crippen LogP contribution in [0.2, 0.25) is 0 Å². The minimum Gasteiger partial charge on any atom is -0.550 e. The zero-order valence-electron chi connectivity index (χ0n) is 33.4. The first-order valence-electron chi connectivity index (χ1n) is 20.6. The van der Waals surface area contributed by atoms with Crippen LogP contribution in [-0.2, 0) is 9.59 Å². The fourth-order valence-electron chi connectivity index (χ4n) is 9.77. The minimum atomic E-state index is -0.982. The average molecular weight is 767 g/mol. The molecule has 4 saturated carbocycles. The van der Waals surface area contributed by atoms with E-state index in [1.54, 1.807) is 0 Å². The van der Waals surface area contributed by atoms with Gasteiger partial charge < -0.3 is 40.2 Å². The molecule has 0 radical (unpaired) electrons. The van der Waals surface area contributed by atoms with Crippen molar-refractivity contribution in [2.75, 3.05) is 0 Å². The Morgan fingerprint density at radius 1 is 0.698 bits per heavy atom. The van der Waals surface area contributed by atoms with Crippen molar-refractivity contribution < 1.29 is 40.2 Å². The summed E-state index contributed by atoms with van der Waals surface area (Å²) >= 11 is 0. The smallest absolute Gasteiger partial charge is 0.550 e. The standard InChI is InChI=1S/2C22H36O4.Ca/c2*1-3-4-5-9-17(23)11-12-18-19-13-16(8-6-7-10-21(25)26)14-22(19,2)15-20(18)24;/h2*8,11-12,17-20,23-24H,3-7,9-10,13-15H2,1-2H3,(H,25,26);/q;;+2/p-2. The van der Waals surface area contributed by atoms with Crippen LogP contribution in [0.5, 0.6) is 0 Å². The maximum absolute atomic E-state index is 10.5. The summed E-state index contributed by atoms with van der Waals surface area (Å²) < 4.78 is 0. The number of aliphatic hydroxyl groups is 4. The molecule has 8 nitrogen and oxygen atoms in total. The van der Waals surface area contributed by atoms with Crippen LogP contribution >= 0.6 is 0 Å². The van der Waals surface area contributed by atoms with E-state index < -0.39 is 24.1 Å². The van der Waals surface area contributed by atoms with Crippen LogP contribution in [0.3, 0.4) is 0 Å². The number of carbonyl (C=O) groups excluding carboxylic acids is 2.